The Morgan fingerprint density at radius 2 is 1.65 bits per heavy atom. The molecule has 0 heterocycles. The Kier molecular flexibility index (Phi) is 5.32. The summed E-state index contributed by atoms with van der Waals surface area (Å²) in [6, 6.07) is 13.4. The molecule has 2 atom stereocenters. The third kappa shape index (κ3) is 3.91. The molecule has 2 N–H and O–H groups in total. The molecule has 2 aromatic carbocycles. The molecule has 1 aliphatic carbocycles. The number of phenolic OH excluding ortho intramolecular Hbond substituents is 2. The lowest BCUT2D eigenvalue weighted by Crippen LogP contribution is -2.17. The van der Waals surface area contributed by atoms with Crippen LogP contribution in [0.5, 0.6) is 11.5 Å². The highest BCUT2D eigenvalue weighted by Crippen LogP contribution is 2.46. The lowest BCUT2D eigenvalue weighted by Gasteiger charge is -2.31. The normalized spacial score (nSPS) is 20.2. The molecule has 3 rings (SSSR count). The fourth-order valence-corrected chi connectivity index (χ4v) is 3.74. The van der Waals surface area contributed by atoms with E-state index in [2.05, 4.69) is 19.6 Å². The average molecular weight is 346 g/mol. The van der Waals surface area contributed by atoms with Crippen molar-refractivity contribution in [3.05, 3.63) is 83.0 Å². The molecule has 26 heavy (non-hydrogen) atoms. The summed E-state index contributed by atoms with van der Waals surface area (Å²) in [4.78, 5) is 0. The molecule has 0 fully saturated rings. The van der Waals surface area contributed by atoms with Crippen LogP contribution in [0.25, 0.3) is 12.2 Å². The lowest BCUT2D eigenvalue weighted by atomic mass is 9.73. The van der Waals surface area contributed by atoms with Gasteiger partial charge < -0.3 is 10.2 Å². The van der Waals surface area contributed by atoms with E-state index in [0.717, 1.165) is 29.5 Å². The van der Waals surface area contributed by atoms with Crippen LogP contribution in [0.3, 0.4) is 0 Å². The van der Waals surface area contributed by atoms with Crippen LogP contribution in [-0.2, 0) is 0 Å². The molecule has 2 nitrogen and oxygen atoms in total. The molecule has 0 bridgehead atoms. The molecule has 134 valence electrons. The highest BCUT2D eigenvalue weighted by molar-refractivity contribution is 5.72. The smallest absolute Gasteiger partial charge is 0.123 e. The zero-order valence-electron chi connectivity index (χ0n) is 15.4. The van der Waals surface area contributed by atoms with Crippen molar-refractivity contribution in [2.75, 3.05) is 0 Å². The molecule has 0 spiro atoms. The van der Waals surface area contributed by atoms with Gasteiger partial charge in [-0.25, -0.2) is 0 Å². The van der Waals surface area contributed by atoms with E-state index in [9.17, 15) is 10.2 Å². The van der Waals surface area contributed by atoms with Gasteiger partial charge in [0.05, 0.1) is 0 Å². The zero-order valence-corrected chi connectivity index (χ0v) is 15.4. The highest BCUT2D eigenvalue weighted by atomic mass is 16.3. The lowest BCUT2D eigenvalue weighted by molar-refractivity contribution is 0.407. The summed E-state index contributed by atoms with van der Waals surface area (Å²) in [6.07, 6.45) is 8.06. The Morgan fingerprint density at radius 3 is 2.27 bits per heavy atom. The van der Waals surface area contributed by atoms with Crippen molar-refractivity contribution < 1.29 is 10.2 Å². The Morgan fingerprint density at radius 1 is 1.04 bits per heavy atom. The summed E-state index contributed by atoms with van der Waals surface area (Å²) in [6.45, 7) is 8.24. The Hall–Kier alpha value is -2.74. The number of hydrogen-bond donors (Lipinski definition) is 2. The molecule has 0 radical (unpaired) electrons. The number of rotatable bonds is 4. The second-order valence-electron chi connectivity index (χ2n) is 7.25. The maximum atomic E-state index is 10.7. The molecule has 2 heteroatoms. The van der Waals surface area contributed by atoms with Crippen molar-refractivity contribution in [3.8, 4) is 11.5 Å². The van der Waals surface area contributed by atoms with Crippen molar-refractivity contribution in [1.82, 2.24) is 0 Å². The summed E-state index contributed by atoms with van der Waals surface area (Å²) in [5.74, 6) is 0.481. The number of benzene rings is 2. The van der Waals surface area contributed by atoms with Gasteiger partial charge in [-0.3, -0.25) is 0 Å². The highest BCUT2D eigenvalue weighted by Gasteiger charge is 2.29. The van der Waals surface area contributed by atoms with E-state index in [1.165, 1.54) is 5.57 Å². The van der Waals surface area contributed by atoms with E-state index in [4.69, 9.17) is 0 Å². The quantitative estimate of drug-likeness (QED) is 0.505. The van der Waals surface area contributed by atoms with Crippen LogP contribution in [0, 0.1) is 5.92 Å². The predicted octanol–water partition coefficient (Wildman–Crippen LogP) is 6.28. The molecular formula is C24H26O2. The van der Waals surface area contributed by atoms with Crippen LogP contribution < -0.4 is 0 Å². The van der Waals surface area contributed by atoms with Gasteiger partial charge in [0.15, 0.2) is 0 Å². The molecule has 0 aromatic heterocycles. The molecule has 2 aromatic rings. The van der Waals surface area contributed by atoms with Gasteiger partial charge in [0.2, 0.25) is 0 Å². The Balaban J connectivity index is 1.95. The molecule has 0 saturated carbocycles. The number of phenols is 2. The summed E-state index contributed by atoms with van der Waals surface area (Å²) >= 11 is 0. The van der Waals surface area contributed by atoms with Crippen LogP contribution in [0.1, 0.15) is 49.3 Å². The van der Waals surface area contributed by atoms with Gasteiger partial charge in [0.25, 0.3) is 0 Å². The van der Waals surface area contributed by atoms with E-state index in [0.29, 0.717) is 5.56 Å². The van der Waals surface area contributed by atoms with Crippen molar-refractivity contribution in [2.24, 2.45) is 5.92 Å². The van der Waals surface area contributed by atoms with Crippen molar-refractivity contribution in [2.45, 2.75) is 32.6 Å². The van der Waals surface area contributed by atoms with Gasteiger partial charge in [-0.05, 0) is 55.9 Å². The fraction of sp³-hybridized carbons (Fsp3) is 0.250. The second-order valence-corrected chi connectivity index (χ2v) is 7.25. The fourth-order valence-electron chi connectivity index (χ4n) is 3.74. The molecule has 0 amide bonds. The van der Waals surface area contributed by atoms with Crippen molar-refractivity contribution in [3.63, 3.8) is 0 Å². The second kappa shape index (κ2) is 7.65. The third-order valence-corrected chi connectivity index (χ3v) is 5.14. The van der Waals surface area contributed by atoms with Crippen LogP contribution in [0.4, 0.5) is 0 Å². The van der Waals surface area contributed by atoms with Gasteiger partial charge in [-0.1, -0.05) is 66.3 Å². The first-order chi connectivity index (χ1) is 12.5. The number of allylic oxidation sites excluding steroid dienone is 3. The Labute approximate surface area is 155 Å². The molecule has 0 unspecified atom stereocenters. The van der Waals surface area contributed by atoms with Gasteiger partial charge in [0, 0.05) is 11.5 Å². The van der Waals surface area contributed by atoms with Gasteiger partial charge in [0.1, 0.15) is 11.5 Å². The first-order valence-electron chi connectivity index (χ1n) is 9.07. The van der Waals surface area contributed by atoms with E-state index < -0.39 is 0 Å². The first kappa shape index (κ1) is 18.1. The molecular weight excluding hydrogens is 320 g/mol. The van der Waals surface area contributed by atoms with Gasteiger partial charge >= 0.3 is 0 Å². The summed E-state index contributed by atoms with van der Waals surface area (Å²) in [5, 5.41) is 21.3. The van der Waals surface area contributed by atoms with Gasteiger partial charge in [-0.2, -0.15) is 0 Å². The minimum atomic E-state index is -0.0339. The average Bonchev–Trinajstić information content (AvgIpc) is 2.60. The minimum Gasteiger partial charge on any atom is -0.507 e. The summed E-state index contributed by atoms with van der Waals surface area (Å²) in [5.41, 5.74) is 4.83. The van der Waals surface area contributed by atoms with Crippen molar-refractivity contribution in [1.29, 1.82) is 0 Å². The molecule has 0 saturated heterocycles. The number of hydrogen-bond acceptors (Lipinski definition) is 2. The van der Waals surface area contributed by atoms with Crippen LogP contribution in [0.2, 0.25) is 0 Å². The first-order valence-corrected chi connectivity index (χ1v) is 9.07. The standard InChI is InChI=1S/C24H26O2/c1-16(2)20-12-9-17(3)13-21(20)24-22(25)14-19(15-23(24)26)11-10-18-7-5-4-6-8-18/h4-8,10-11,13-15,20-21,25-26H,1,9,12H2,2-3H3/b11-10+/t20-,21+/m0/s1. The predicted molar refractivity (Wildman–Crippen MR) is 109 cm³/mol. The van der Waals surface area contributed by atoms with E-state index in [1.807, 2.05) is 49.4 Å². The molecule has 0 aliphatic heterocycles. The largest absolute Gasteiger partial charge is 0.507 e. The SMILES string of the molecule is C=C(C)[C@@H]1CCC(C)=C[C@H]1c1c(O)cc(/C=C/c2ccccc2)cc1O. The zero-order chi connectivity index (χ0) is 18.7. The van der Waals surface area contributed by atoms with E-state index >= 15 is 0 Å². The molecule has 1 aliphatic rings. The number of aromatic hydroxyl groups is 2. The van der Waals surface area contributed by atoms with Crippen LogP contribution in [-0.4, -0.2) is 10.2 Å². The third-order valence-electron chi connectivity index (χ3n) is 5.14. The summed E-state index contributed by atoms with van der Waals surface area (Å²) in [7, 11) is 0. The van der Waals surface area contributed by atoms with E-state index in [1.54, 1.807) is 12.1 Å². The topological polar surface area (TPSA) is 40.5 Å². The Bertz CT molecular complexity index is 836. The van der Waals surface area contributed by atoms with E-state index in [-0.39, 0.29) is 23.3 Å². The maximum Gasteiger partial charge on any atom is 0.123 e. The van der Waals surface area contributed by atoms with Crippen LogP contribution in [0.15, 0.2) is 66.3 Å². The maximum absolute atomic E-state index is 10.7. The monoisotopic (exact) mass is 346 g/mol. The minimum absolute atomic E-state index is 0.0339. The summed E-state index contributed by atoms with van der Waals surface area (Å²) < 4.78 is 0. The van der Waals surface area contributed by atoms with Crippen molar-refractivity contribution >= 4 is 12.2 Å². The van der Waals surface area contributed by atoms with Gasteiger partial charge in [-0.15, -0.1) is 0 Å². The van der Waals surface area contributed by atoms with Crippen LogP contribution >= 0.6 is 0 Å².